The van der Waals surface area contributed by atoms with Crippen LogP contribution in [0.25, 0.3) is 17.0 Å². The number of hydrogen-bond acceptors (Lipinski definition) is 10. The van der Waals surface area contributed by atoms with Crippen LogP contribution in [0.2, 0.25) is 0 Å². The summed E-state index contributed by atoms with van der Waals surface area (Å²) in [6.07, 6.45) is 5.46. The Morgan fingerprint density at radius 2 is 1.50 bits per heavy atom. The topological polar surface area (TPSA) is 159 Å². The summed E-state index contributed by atoms with van der Waals surface area (Å²) in [7, 11) is 2.63. The van der Waals surface area contributed by atoms with E-state index < -0.39 is 29.6 Å². The number of hydrogen-bond donors (Lipinski definition) is 2. The first kappa shape index (κ1) is 47.1. The van der Waals surface area contributed by atoms with Crippen LogP contribution >= 0.6 is 0 Å². The Kier molecular flexibility index (Phi) is 15.0. The van der Waals surface area contributed by atoms with Crippen molar-refractivity contribution in [1.82, 2.24) is 30.0 Å². The van der Waals surface area contributed by atoms with Crippen molar-refractivity contribution in [2.45, 2.75) is 97.9 Å². The molecule has 3 aliphatic heterocycles. The molecule has 6 rings (SSSR count). The van der Waals surface area contributed by atoms with Crippen molar-refractivity contribution < 1.29 is 33.4 Å². The van der Waals surface area contributed by atoms with Crippen molar-refractivity contribution in [3.63, 3.8) is 0 Å². The maximum absolute atomic E-state index is 14.2. The number of nitrogens with one attached hydrogen (secondary N) is 2. The Bertz CT molecular complexity index is 2310. The fourth-order valence-electron chi connectivity index (χ4n) is 8.35. The summed E-state index contributed by atoms with van der Waals surface area (Å²) >= 11 is 0. The molecule has 0 saturated carbocycles. The van der Waals surface area contributed by atoms with E-state index >= 15 is 0 Å². The number of nitrogens with zero attached hydrogens (tertiary/aromatic N) is 5. The lowest BCUT2D eigenvalue weighted by atomic mass is 9.89. The number of amides is 3. The molecule has 340 valence electrons. The van der Waals surface area contributed by atoms with Gasteiger partial charge < -0.3 is 39.2 Å². The third kappa shape index (κ3) is 11.4. The summed E-state index contributed by atoms with van der Waals surface area (Å²) < 4.78 is 15.8. The zero-order valence-corrected chi connectivity index (χ0v) is 38.7. The van der Waals surface area contributed by atoms with Gasteiger partial charge in [0.15, 0.2) is 5.88 Å². The summed E-state index contributed by atoms with van der Waals surface area (Å²) in [5.41, 5.74) is 5.72. The number of aliphatic imine (C=N–C) groups is 1. The van der Waals surface area contributed by atoms with Gasteiger partial charge in [0.2, 0.25) is 11.8 Å². The smallest absolute Gasteiger partial charge is 0.407 e. The van der Waals surface area contributed by atoms with Gasteiger partial charge in [0.05, 0.1) is 56.2 Å². The Labute approximate surface area is 377 Å². The molecule has 14 nitrogen and oxygen atoms in total. The molecule has 0 bridgehead atoms. The monoisotopic (exact) mass is 873 g/mol. The number of alkyl carbamates (subject to hydrolysis) is 1. The third-order valence-electron chi connectivity index (χ3n) is 11.9. The number of ether oxygens (including phenoxy) is 3. The first-order valence-corrected chi connectivity index (χ1v) is 22.2. The molecule has 2 N–H and O–H groups in total. The van der Waals surface area contributed by atoms with E-state index in [1.54, 1.807) is 11.1 Å². The standard InChI is InChI=1S/C50H63N7O7/c1-31(2)38(28-44(58)62-9)47(59)57-27-26-55(33(5)64-50(6,7)8)30-43(57)40-24-23-39(52-40)36-19-15-34(16-20-36)13-14-35-17-21-37(22-18-35)41-29-51-46(53-41)42-12-11-25-56(42)48(60)45(32(3)4)54-49(61)63-10/h15-23,29,31-32,38,42-43,45H,5,11-12,24-28,30H2,1-4,6-10H3,(H,51,53)(H,54,61)/t38-,42-,43-,45-/m0/s1. The predicted molar refractivity (Wildman–Crippen MR) is 246 cm³/mol. The molecule has 3 aromatic rings. The van der Waals surface area contributed by atoms with Crippen LogP contribution in [-0.2, 0) is 28.6 Å². The van der Waals surface area contributed by atoms with Gasteiger partial charge in [-0.05, 0) is 87.4 Å². The second kappa shape index (κ2) is 20.4. The average Bonchev–Trinajstić information content (AvgIpc) is 4.08. The Morgan fingerprint density at radius 1 is 0.859 bits per heavy atom. The zero-order chi connectivity index (χ0) is 46.3. The van der Waals surface area contributed by atoms with Crippen LogP contribution in [0.15, 0.2) is 78.3 Å². The van der Waals surface area contributed by atoms with Crippen LogP contribution in [0.4, 0.5) is 4.79 Å². The van der Waals surface area contributed by atoms with E-state index in [1.807, 2.05) is 102 Å². The Hall–Kier alpha value is -6.36. The summed E-state index contributed by atoms with van der Waals surface area (Å²) in [6.45, 7) is 19.9. The highest BCUT2D eigenvalue weighted by atomic mass is 16.5. The number of aromatic nitrogens is 2. The third-order valence-corrected chi connectivity index (χ3v) is 11.9. The number of piperazine rings is 1. The minimum atomic E-state index is -0.696. The maximum atomic E-state index is 14.2. The molecule has 3 amide bonds. The van der Waals surface area contributed by atoms with E-state index in [-0.39, 0.29) is 42.2 Å². The minimum Gasteiger partial charge on any atom is -0.474 e. The normalized spacial score (nSPS) is 18.5. The van der Waals surface area contributed by atoms with Crippen molar-refractivity contribution in [3.8, 4) is 23.1 Å². The number of rotatable bonds is 13. The average molecular weight is 874 g/mol. The van der Waals surface area contributed by atoms with Crippen molar-refractivity contribution in [2.75, 3.05) is 40.4 Å². The van der Waals surface area contributed by atoms with Gasteiger partial charge in [0.25, 0.3) is 0 Å². The number of imidazole rings is 1. The fraction of sp³-hybridized carbons (Fsp3) is 0.480. The van der Waals surface area contributed by atoms with Crippen LogP contribution in [0.3, 0.4) is 0 Å². The first-order chi connectivity index (χ1) is 30.5. The van der Waals surface area contributed by atoms with E-state index in [4.69, 9.17) is 19.2 Å². The molecular formula is C50H63N7O7. The molecule has 0 unspecified atom stereocenters. The van der Waals surface area contributed by atoms with Crippen molar-refractivity contribution in [2.24, 2.45) is 22.7 Å². The molecule has 4 heterocycles. The van der Waals surface area contributed by atoms with E-state index in [9.17, 15) is 19.2 Å². The largest absolute Gasteiger partial charge is 0.474 e. The van der Waals surface area contributed by atoms with Gasteiger partial charge >= 0.3 is 12.1 Å². The highest BCUT2D eigenvalue weighted by molar-refractivity contribution is 6.01. The van der Waals surface area contributed by atoms with Crippen LogP contribution < -0.4 is 5.32 Å². The molecule has 4 atom stereocenters. The van der Waals surface area contributed by atoms with Gasteiger partial charge in [-0.25, -0.2) is 9.78 Å². The van der Waals surface area contributed by atoms with Crippen LogP contribution in [0.5, 0.6) is 0 Å². The molecule has 3 aliphatic rings. The van der Waals surface area contributed by atoms with E-state index in [0.29, 0.717) is 44.3 Å². The SMILES string of the molecule is C=C(OC(C)(C)C)N1CCN(C(=O)[C@@H](CC(=O)OC)C(C)C)[C@H](C2=NC(c3ccc(C#Cc4ccc(-c5cnc([C@@H]6CCCN6C(=O)[C@@H](NC(=O)OC)C(C)C)[nH]5)cc4)cc3)=CC2)C1. The molecule has 2 aromatic carbocycles. The van der Waals surface area contributed by atoms with Gasteiger partial charge in [-0.15, -0.1) is 0 Å². The summed E-state index contributed by atoms with van der Waals surface area (Å²) in [4.78, 5) is 71.0. The second-order valence-electron chi connectivity index (χ2n) is 18.3. The number of likely N-dealkylation sites (tertiary alicyclic amines) is 1. The number of allylic oxidation sites excluding steroid dienone is 1. The molecule has 2 saturated heterocycles. The summed E-state index contributed by atoms with van der Waals surface area (Å²) in [6, 6.07) is 14.7. The predicted octanol–water partition coefficient (Wildman–Crippen LogP) is 7.34. The molecule has 2 fully saturated rings. The molecule has 1 aromatic heterocycles. The van der Waals surface area contributed by atoms with Crippen LogP contribution in [-0.4, -0.2) is 112 Å². The summed E-state index contributed by atoms with van der Waals surface area (Å²) in [5, 5.41) is 2.69. The molecule has 0 radical (unpaired) electrons. The highest BCUT2D eigenvalue weighted by Gasteiger charge is 2.40. The number of benzene rings is 2. The number of methoxy groups -OCH3 is 2. The molecule has 64 heavy (non-hydrogen) atoms. The number of H-pyrrole nitrogens is 1. The Balaban J connectivity index is 1.12. The van der Waals surface area contributed by atoms with Gasteiger partial charge in [-0.2, -0.15) is 0 Å². The number of aromatic amines is 1. The van der Waals surface area contributed by atoms with E-state index in [0.717, 1.165) is 52.2 Å². The molecule has 14 heteroatoms. The van der Waals surface area contributed by atoms with Gasteiger partial charge in [-0.3, -0.25) is 19.4 Å². The number of carbonyl (C=O) groups excluding carboxylic acids is 4. The zero-order valence-electron chi connectivity index (χ0n) is 38.7. The van der Waals surface area contributed by atoms with Crippen molar-refractivity contribution in [3.05, 3.63) is 95.8 Å². The maximum Gasteiger partial charge on any atom is 0.407 e. The fourth-order valence-corrected chi connectivity index (χ4v) is 8.35. The van der Waals surface area contributed by atoms with Crippen molar-refractivity contribution in [1.29, 1.82) is 0 Å². The lowest BCUT2D eigenvalue weighted by Crippen LogP contribution is -2.59. The minimum absolute atomic E-state index is 0.0215. The molecule has 0 aliphatic carbocycles. The van der Waals surface area contributed by atoms with Gasteiger partial charge in [0.1, 0.15) is 17.5 Å². The molecular weight excluding hydrogens is 811 g/mol. The number of carbonyl (C=O) groups is 4. The lowest BCUT2D eigenvalue weighted by molar-refractivity contribution is -0.149. The second-order valence-corrected chi connectivity index (χ2v) is 18.3. The van der Waals surface area contributed by atoms with Crippen molar-refractivity contribution >= 4 is 35.3 Å². The first-order valence-electron chi connectivity index (χ1n) is 22.2. The summed E-state index contributed by atoms with van der Waals surface area (Å²) in [5.74, 6) is 6.50. The van der Waals surface area contributed by atoms with E-state index in [1.165, 1.54) is 14.2 Å². The quantitative estimate of drug-likeness (QED) is 0.102. The highest BCUT2D eigenvalue weighted by Crippen LogP contribution is 2.34. The van der Waals surface area contributed by atoms with Gasteiger partial charge in [-0.1, -0.05) is 69.9 Å². The van der Waals surface area contributed by atoms with E-state index in [2.05, 4.69) is 44.7 Å². The lowest BCUT2D eigenvalue weighted by Gasteiger charge is -2.45. The van der Waals surface area contributed by atoms with Crippen LogP contribution in [0, 0.1) is 29.6 Å². The molecule has 0 spiro atoms. The van der Waals surface area contributed by atoms with Crippen LogP contribution in [0.1, 0.15) is 103 Å². The number of esters is 1. The van der Waals surface area contributed by atoms with Gasteiger partial charge in [0, 0.05) is 49.4 Å². The Morgan fingerprint density at radius 3 is 2.09 bits per heavy atom.